The molecule has 2 atom stereocenters. The number of carbonyl (C=O) groups is 2. The molecule has 1 aliphatic heterocycles. The molecule has 0 bridgehead atoms. The Kier molecular flexibility index (Phi) is 6.22. The Bertz CT molecular complexity index is 784. The van der Waals surface area contributed by atoms with Gasteiger partial charge in [0.15, 0.2) is 0 Å². The maximum Gasteiger partial charge on any atom is 0.329 e. The molecule has 1 saturated heterocycles. The Morgan fingerprint density at radius 2 is 1.96 bits per heavy atom. The average molecular weight is 390 g/mol. The third-order valence-electron chi connectivity index (χ3n) is 4.11. The normalized spacial score (nSPS) is 19.4. The van der Waals surface area contributed by atoms with Crippen molar-refractivity contribution in [2.24, 2.45) is 0 Å². The maximum atomic E-state index is 13.2. The van der Waals surface area contributed by atoms with E-state index in [0.29, 0.717) is 22.9 Å². The van der Waals surface area contributed by atoms with E-state index in [1.165, 1.54) is 0 Å². The minimum absolute atomic E-state index is 0.181. The number of amides is 1. The molecule has 2 aromatic rings. The van der Waals surface area contributed by atoms with Gasteiger partial charge in [0, 0.05) is 16.3 Å². The summed E-state index contributed by atoms with van der Waals surface area (Å²) in [5.41, 5.74) is 1.45. The van der Waals surface area contributed by atoms with Gasteiger partial charge in [0.1, 0.15) is 11.4 Å². The standard InChI is InChI=1S/C20H20ClNO3S/c1-2-11-25-20(24)17-13-26-19(15-9-6-10-16(21)12-15)22(17)18(23)14-7-4-3-5-8-14/h3-10,12,17,19H,2,11,13H2,1H3. The molecule has 1 amide bonds. The molecule has 0 radical (unpaired) electrons. The van der Waals surface area contributed by atoms with Gasteiger partial charge >= 0.3 is 5.97 Å². The SMILES string of the molecule is CCCOC(=O)C1CSC(c2cccc(Cl)c2)N1C(=O)c1ccccc1. The van der Waals surface area contributed by atoms with Crippen molar-refractivity contribution < 1.29 is 14.3 Å². The zero-order valence-electron chi connectivity index (χ0n) is 14.4. The first kappa shape index (κ1) is 18.8. The molecule has 136 valence electrons. The van der Waals surface area contributed by atoms with Crippen LogP contribution in [0.1, 0.15) is 34.6 Å². The molecule has 0 aliphatic carbocycles. The van der Waals surface area contributed by atoms with Crippen LogP contribution in [0.15, 0.2) is 54.6 Å². The number of ether oxygens (including phenoxy) is 1. The van der Waals surface area contributed by atoms with E-state index in [1.807, 2.05) is 43.3 Å². The number of nitrogens with zero attached hydrogens (tertiary/aromatic N) is 1. The molecule has 2 aromatic carbocycles. The highest BCUT2D eigenvalue weighted by Gasteiger charge is 2.43. The van der Waals surface area contributed by atoms with E-state index in [2.05, 4.69) is 0 Å². The number of benzene rings is 2. The molecule has 26 heavy (non-hydrogen) atoms. The first-order chi connectivity index (χ1) is 12.6. The van der Waals surface area contributed by atoms with E-state index in [4.69, 9.17) is 16.3 Å². The first-order valence-corrected chi connectivity index (χ1v) is 9.96. The first-order valence-electron chi connectivity index (χ1n) is 8.53. The van der Waals surface area contributed by atoms with Gasteiger partial charge in [0.2, 0.25) is 0 Å². The minimum Gasteiger partial charge on any atom is -0.464 e. The highest BCUT2D eigenvalue weighted by atomic mass is 35.5. The molecule has 0 saturated carbocycles. The van der Waals surface area contributed by atoms with Crippen LogP contribution < -0.4 is 0 Å². The van der Waals surface area contributed by atoms with Crippen molar-refractivity contribution >= 4 is 35.2 Å². The molecule has 0 N–H and O–H groups in total. The Morgan fingerprint density at radius 1 is 1.19 bits per heavy atom. The molecular formula is C20H20ClNO3S. The molecule has 0 aromatic heterocycles. The summed E-state index contributed by atoms with van der Waals surface area (Å²) in [4.78, 5) is 27.3. The molecule has 4 nitrogen and oxygen atoms in total. The van der Waals surface area contributed by atoms with E-state index in [9.17, 15) is 9.59 Å². The van der Waals surface area contributed by atoms with Crippen LogP contribution in [0.5, 0.6) is 0 Å². The van der Waals surface area contributed by atoms with Crippen molar-refractivity contribution in [1.82, 2.24) is 4.90 Å². The fraction of sp³-hybridized carbons (Fsp3) is 0.300. The van der Waals surface area contributed by atoms with E-state index >= 15 is 0 Å². The van der Waals surface area contributed by atoms with Gasteiger partial charge in [-0.15, -0.1) is 11.8 Å². The lowest BCUT2D eigenvalue weighted by atomic mass is 10.1. The summed E-state index contributed by atoms with van der Waals surface area (Å²) in [5.74, 6) is -0.0367. The average Bonchev–Trinajstić information content (AvgIpc) is 3.11. The van der Waals surface area contributed by atoms with Gasteiger partial charge in [-0.2, -0.15) is 0 Å². The summed E-state index contributed by atoms with van der Waals surface area (Å²) in [7, 11) is 0. The molecule has 1 fully saturated rings. The second-order valence-corrected chi connectivity index (χ2v) is 7.55. The summed E-state index contributed by atoms with van der Waals surface area (Å²) in [6, 6.07) is 15.8. The minimum atomic E-state index is -0.608. The summed E-state index contributed by atoms with van der Waals surface area (Å²) >= 11 is 7.68. The van der Waals surface area contributed by atoms with Crippen LogP contribution in [0.4, 0.5) is 0 Å². The fourth-order valence-electron chi connectivity index (χ4n) is 2.88. The van der Waals surface area contributed by atoms with Crippen LogP contribution in [0.2, 0.25) is 5.02 Å². The van der Waals surface area contributed by atoms with Gasteiger partial charge in [-0.3, -0.25) is 4.79 Å². The Morgan fingerprint density at radius 3 is 2.65 bits per heavy atom. The number of carbonyl (C=O) groups excluding carboxylic acids is 2. The lowest BCUT2D eigenvalue weighted by Gasteiger charge is -2.28. The molecule has 3 rings (SSSR count). The number of hydrogen-bond acceptors (Lipinski definition) is 4. The number of thioether (sulfide) groups is 1. The van der Waals surface area contributed by atoms with E-state index in [1.54, 1.807) is 34.9 Å². The van der Waals surface area contributed by atoms with Crippen molar-refractivity contribution in [3.8, 4) is 0 Å². The Hall–Kier alpha value is -1.98. The van der Waals surface area contributed by atoms with Crippen molar-refractivity contribution in [2.45, 2.75) is 24.8 Å². The second-order valence-electron chi connectivity index (χ2n) is 6.00. The monoisotopic (exact) mass is 389 g/mol. The van der Waals surface area contributed by atoms with Crippen LogP contribution in [-0.2, 0) is 9.53 Å². The lowest BCUT2D eigenvalue weighted by Crippen LogP contribution is -2.44. The number of esters is 1. The Labute approximate surface area is 162 Å². The van der Waals surface area contributed by atoms with Gasteiger partial charge < -0.3 is 9.64 Å². The highest BCUT2D eigenvalue weighted by molar-refractivity contribution is 7.99. The van der Waals surface area contributed by atoms with Gasteiger partial charge in [-0.05, 0) is 36.2 Å². The number of rotatable bonds is 5. The summed E-state index contributed by atoms with van der Waals surface area (Å²) in [6.45, 7) is 2.30. The fourth-order valence-corrected chi connectivity index (χ4v) is 4.48. The third-order valence-corrected chi connectivity index (χ3v) is 5.67. The molecule has 2 unspecified atom stereocenters. The quantitative estimate of drug-likeness (QED) is 0.704. The zero-order valence-corrected chi connectivity index (χ0v) is 16.0. The summed E-state index contributed by atoms with van der Waals surface area (Å²) in [6.07, 6.45) is 0.746. The van der Waals surface area contributed by atoms with Crippen molar-refractivity contribution in [2.75, 3.05) is 12.4 Å². The van der Waals surface area contributed by atoms with Crippen molar-refractivity contribution in [1.29, 1.82) is 0 Å². The summed E-state index contributed by atoms with van der Waals surface area (Å²) in [5, 5.41) is 0.327. The van der Waals surface area contributed by atoms with Crippen LogP contribution in [-0.4, -0.2) is 35.2 Å². The van der Waals surface area contributed by atoms with Crippen LogP contribution >= 0.6 is 23.4 Å². The van der Waals surface area contributed by atoms with Gasteiger partial charge in [-0.1, -0.05) is 48.9 Å². The molecular weight excluding hydrogens is 370 g/mol. The Balaban J connectivity index is 1.94. The van der Waals surface area contributed by atoms with Crippen molar-refractivity contribution in [3.05, 3.63) is 70.7 Å². The van der Waals surface area contributed by atoms with E-state index in [-0.39, 0.29) is 17.3 Å². The van der Waals surface area contributed by atoms with E-state index < -0.39 is 6.04 Å². The van der Waals surface area contributed by atoms with Crippen molar-refractivity contribution in [3.63, 3.8) is 0 Å². The molecule has 1 aliphatic rings. The second kappa shape index (κ2) is 8.60. The maximum absolute atomic E-state index is 13.2. The zero-order chi connectivity index (χ0) is 18.5. The van der Waals surface area contributed by atoms with Crippen LogP contribution in [0.25, 0.3) is 0 Å². The number of hydrogen-bond donors (Lipinski definition) is 0. The van der Waals surface area contributed by atoms with E-state index in [0.717, 1.165) is 12.0 Å². The number of halogens is 1. The van der Waals surface area contributed by atoms with Gasteiger partial charge in [0.25, 0.3) is 5.91 Å². The predicted octanol–water partition coefficient (Wildman–Crippen LogP) is 4.55. The molecule has 6 heteroatoms. The summed E-state index contributed by atoms with van der Waals surface area (Å²) < 4.78 is 5.33. The molecule has 1 heterocycles. The largest absolute Gasteiger partial charge is 0.464 e. The molecule has 0 spiro atoms. The van der Waals surface area contributed by atoms with Gasteiger partial charge in [0.05, 0.1) is 6.61 Å². The smallest absolute Gasteiger partial charge is 0.329 e. The predicted molar refractivity (Wildman–Crippen MR) is 104 cm³/mol. The third kappa shape index (κ3) is 4.05. The highest BCUT2D eigenvalue weighted by Crippen LogP contribution is 2.43. The van der Waals surface area contributed by atoms with Crippen LogP contribution in [0.3, 0.4) is 0 Å². The van der Waals surface area contributed by atoms with Crippen LogP contribution in [0, 0.1) is 0 Å². The topological polar surface area (TPSA) is 46.6 Å². The lowest BCUT2D eigenvalue weighted by molar-refractivity contribution is -0.148. The van der Waals surface area contributed by atoms with Gasteiger partial charge in [-0.25, -0.2) is 4.79 Å².